The molecule has 114 valence electrons. The van der Waals surface area contributed by atoms with Gasteiger partial charge in [0.05, 0.1) is 23.5 Å². The van der Waals surface area contributed by atoms with Gasteiger partial charge in [-0.25, -0.2) is 13.1 Å². The smallest absolute Gasteiger partial charge is 0.240 e. The lowest BCUT2D eigenvalue weighted by molar-refractivity contribution is 0.168. The average Bonchev–Trinajstić information content (AvgIpc) is 2.95. The van der Waals surface area contributed by atoms with E-state index in [0.29, 0.717) is 16.1 Å². The van der Waals surface area contributed by atoms with Crippen molar-refractivity contribution < 1.29 is 17.9 Å². The fourth-order valence-corrected chi connectivity index (χ4v) is 3.46. The van der Waals surface area contributed by atoms with E-state index in [2.05, 4.69) is 4.72 Å². The van der Waals surface area contributed by atoms with Crippen molar-refractivity contribution in [1.82, 2.24) is 4.72 Å². The molecule has 2 N–H and O–H groups in total. The standard InChI is InChI=1S/C14H16ClNO4S/c1-10-12(15)3-2-4-14(10)21(18,19)16-7-5-13(17)11-6-8-20-9-11/h2-4,6,8-9,13,16-17H,5,7H2,1H3. The Morgan fingerprint density at radius 3 is 2.81 bits per heavy atom. The van der Waals surface area contributed by atoms with Crippen LogP contribution in [0.25, 0.3) is 0 Å². The first-order chi connectivity index (χ1) is 9.92. The molecule has 2 rings (SSSR count). The summed E-state index contributed by atoms with van der Waals surface area (Å²) in [5.74, 6) is 0. The first-order valence-electron chi connectivity index (χ1n) is 6.37. The highest BCUT2D eigenvalue weighted by molar-refractivity contribution is 7.89. The van der Waals surface area contributed by atoms with E-state index in [9.17, 15) is 13.5 Å². The number of rotatable bonds is 6. The molecule has 1 unspecified atom stereocenters. The summed E-state index contributed by atoms with van der Waals surface area (Å²) in [5.41, 5.74) is 1.12. The third-order valence-electron chi connectivity index (χ3n) is 3.15. The fraction of sp³-hybridized carbons (Fsp3) is 0.286. The second-order valence-electron chi connectivity index (χ2n) is 4.62. The molecule has 0 aliphatic rings. The number of hydrogen-bond donors (Lipinski definition) is 2. The van der Waals surface area contributed by atoms with E-state index in [1.807, 2.05) is 0 Å². The summed E-state index contributed by atoms with van der Waals surface area (Å²) in [5, 5.41) is 10.3. The highest BCUT2D eigenvalue weighted by Crippen LogP contribution is 2.23. The summed E-state index contributed by atoms with van der Waals surface area (Å²) in [4.78, 5) is 0.146. The van der Waals surface area contributed by atoms with E-state index in [0.717, 1.165) is 0 Å². The van der Waals surface area contributed by atoms with Gasteiger partial charge >= 0.3 is 0 Å². The molecule has 1 heterocycles. The van der Waals surface area contributed by atoms with Gasteiger partial charge in [-0.2, -0.15) is 0 Å². The third-order valence-corrected chi connectivity index (χ3v) is 5.16. The van der Waals surface area contributed by atoms with Gasteiger partial charge in [-0.05, 0) is 37.1 Å². The van der Waals surface area contributed by atoms with Crippen LogP contribution in [0.4, 0.5) is 0 Å². The van der Waals surface area contributed by atoms with Crippen molar-refractivity contribution in [2.24, 2.45) is 0 Å². The molecule has 1 atom stereocenters. The number of furan rings is 1. The van der Waals surface area contributed by atoms with Crippen molar-refractivity contribution in [1.29, 1.82) is 0 Å². The number of benzene rings is 1. The van der Waals surface area contributed by atoms with E-state index in [4.69, 9.17) is 16.0 Å². The van der Waals surface area contributed by atoms with Gasteiger partial charge in [-0.3, -0.25) is 0 Å². The second kappa shape index (κ2) is 6.62. The van der Waals surface area contributed by atoms with Crippen LogP contribution in [0.3, 0.4) is 0 Å². The molecular formula is C14H16ClNO4S. The van der Waals surface area contributed by atoms with Gasteiger partial charge < -0.3 is 9.52 Å². The van der Waals surface area contributed by atoms with Crippen LogP contribution in [0.1, 0.15) is 23.7 Å². The summed E-state index contributed by atoms with van der Waals surface area (Å²) < 4.78 is 31.7. The number of aliphatic hydroxyl groups excluding tert-OH is 1. The molecule has 1 aromatic heterocycles. The lowest BCUT2D eigenvalue weighted by atomic mass is 10.1. The molecular weight excluding hydrogens is 314 g/mol. The van der Waals surface area contributed by atoms with Crippen LogP contribution < -0.4 is 4.72 Å². The van der Waals surface area contributed by atoms with E-state index < -0.39 is 16.1 Å². The number of sulfonamides is 1. The highest BCUT2D eigenvalue weighted by Gasteiger charge is 2.18. The monoisotopic (exact) mass is 329 g/mol. The van der Waals surface area contributed by atoms with Crippen LogP contribution in [0, 0.1) is 6.92 Å². The Balaban J connectivity index is 2.00. The summed E-state index contributed by atoms with van der Waals surface area (Å²) in [6, 6.07) is 6.36. The molecule has 21 heavy (non-hydrogen) atoms. The van der Waals surface area contributed by atoms with Crippen molar-refractivity contribution in [3.05, 3.63) is 52.9 Å². The fourth-order valence-electron chi connectivity index (χ4n) is 1.92. The van der Waals surface area contributed by atoms with Crippen molar-refractivity contribution >= 4 is 21.6 Å². The Morgan fingerprint density at radius 2 is 2.14 bits per heavy atom. The molecule has 0 saturated heterocycles. The zero-order valence-corrected chi connectivity index (χ0v) is 13.0. The van der Waals surface area contributed by atoms with E-state index in [1.165, 1.54) is 18.6 Å². The normalized spacial score (nSPS) is 13.3. The summed E-state index contributed by atoms with van der Waals surface area (Å²) in [6.07, 6.45) is 2.36. The molecule has 5 nitrogen and oxygen atoms in total. The number of nitrogens with one attached hydrogen (secondary N) is 1. The van der Waals surface area contributed by atoms with Crippen molar-refractivity contribution in [2.45, 2.75) is 24.3 Å². The Bertz CT molecular complexity index is 698. The lowest BCUT2D eigenvalue weighted by Crippen LogP contribution is -2.26. The summed E-state index contributed by atoms with van der Waals surface area (Å²) in [7, 11) is -3.65. The van der Waals surface area contributed by atoms with Crippen LogP contribution >= 0.6 is 11.6 Å². The quantitative estimate of drug-likeness (QED) is 0.853. The topological polar surface area (TPSA) is 79.5 Å². The SMILES string of the molecule is Cc1c(Cl)cccc1S(=O)(=O)NCCC(O)c1ccoc1. The molecule has 0 saturated carbocycles. The molecule has 7 heteroatoms. The van der Waals surface area contributed by atoms with E-state index in [-0.39, 0.29) is 17.9 Å². The molecule has 0 fully saturated rings. The number of hydrogen-bond acceptors (Lipinski definition) is 4. The lowest BCUT2D eigenvalue weighted by Gasteiger charge is -2.12. The van der Waals surface area contributed by atoms with E-state index >= 15 is 0 Å². The Morgan fingerprint density at radius 1 is 1.38 bits per heavy atom. The number of aliphatic hydroxyl groups is 1. The maximum atomic E-state index is 12.2. The van der Waals surface area contributed by atoms with Crippen molar-refractivity contribution in [2.75, 3.05) is 6.54 Å². The van der Waals surface area contributed by atoms with Crippen LogP contribution in [0.15, 0.2) is 46.1 Å². The number of halogens is 1. The van der Waals surface area contributed by atoms with Crippen LogP contribution in [0.5, 0.6) is 0 Å². The Hall–Kier alpha value is -1.34. The maximum absolute atomic E-state index is 12.2. The van der Waals surface area contributed by atoms with Crippen LogP contribution in [0.2, 0.25) is 5.02 Å². The molecule has 0 amide bonds. The molecule has 0 radical (unpaired) electrons. The Labute approximate surface area is 128 Å². The van der Waals surface area contributed by atoms with Gasteiger partial charge in [0, 0.05) is 17.1 Å². The third kappa shape index (κ3) is 3.85. The predicted molar refractivity (Wildman–Crippen MR) is 79.7 cm³/mol. The zero-order valence-electron chi connectivity index (χ0n) is 11.4. The van der Waals surface area contributed by atoms with Crippen molar-refractivity contribution in [3.63, 3.8) is 0 Å². The van der Waals surface area contributed by atoms with E-state index in [1.54, 1.807) is 25.1 Å². The first-order valence-corrected chi connectivity index (χ1v) is 8.23. The van der Waals surface area contributed by atoms with Gasteiger partial charge in [0.15, 0.2) is 0 Å². The van der Waals surface area contributed by atoms with Gasteiger partial charge in [-0.15, -0.1) is 0 Å². The van der Waals surface area contributed by atoms with Crippen LogP contribution in [-0.4, -0.2) is 20.1 Å². The van der Waals surface area contributed by atoms with Gasteiger partial charge in [-0.1, -0.05) is 17.7 Å². The molecule has 1 aromatic carbocycles. The molecule has 0 bridgehead atoms. The second-order valence-corrected chi connectivity index (χ2v) is 6.76. The highest BCUT2D eigenvalue weighted by atomic mass is 35.5. The van der Waals surface area contributed by atoms with Crippen molar-refractivity contribution in [3.8, 4) is 0 Å². The minimum Gasteiger partial charge on any atom is -0.472 e. The maximum Gasteiger partial charge on any atom is 0.240 e. The average molecular weight is 330 g/mol. The summed E-state index contributed by atoms with van der Waals surface area (Å²) >= 11 is 5.93. The minimum atomic E-state index is -3.65. The molecule has 0 aliphatic heterocycles. The zero-order chi connectivity index (χ0) is 15.5. The van der Waals surface area contributed by atoms with Gasteiger partial charge in [0.2, 0.25) is 10.0 Å². The molecule has 0 aliphatic carbocycles. The van der Waals surface area contributed by atoms with Gasteiger partial charge in [0.1, 0.15) is 0 Å². The largest absolute Gasteiger partial charge is 0.472 e. The summed E-state index contributed by atoms with van der Waals surface area (Å²) in [6.45, 7) is 1.76. The molecule has 0 spiro atoms. The Kier molecular flexibility index (Phi) is 5.05. The minimum absolute atomic E-state index is 0.112. The first kappa shape index (κ1) is 16.0. The predicted octanol–water partition coefficient (Wildman–Crippen LogP) is 2.64. The molecule has 2 aromatic rings. The van der Waals surface area contributed by atoms with Gasteiger partial charge in [0.25, 0.3) is 0 Å². The van der Waals surface area contributed by atoms with Crippen LogP contribution in [-0.2, 0) is 10.0 Å².